The van der Waals surface area contributed by atoms with Gasteiger partial charge in [-0.2, -0.15) is 15.0 Å². The van der Waals surface area contributed by atoms with Gasteiger partial charge in [0.2, 0.25) is 11.9 Å². The van der Waals surface area contributed by atoms with Crippen LogP contribution < -0.4 is 11.1 Å². The summed E-state index contributed by atoms with van der Waals surface area (Å²) in [6.07, 6.45) is 1.73. The van der Waals surface area contributed by atoms with Crippen molar-refractivity contribution in [1.82, 2.24) is 29.7 Å². The highest BCUT2D eigenvalue weighted by molar-refractivity contribution is 7.99. The van der Waals surface area contributed by atoms with Crippen molar-refractivity contribution in [1.29, 1.82) is 0 Å². The molecule has 0 saturated carbocycles. The summed E-state index contributed by atoms with van der Waals surface area (Å²) in [7, 11) is 0. The highest BCUT2D eigenvalue weighted by Crippen LogP contribution is 2.33. The molecule has 0 amide bonds. The fraction of sp³-hybridized carbons (Fsp3) is 0.312. The molecule has 8 nitrogen and oxygen atoms in total. The van der Waals surface area contributed by atoms with Gasteiger partial charge in [-0.25, -0.2) is 0 Å². The van der Waals surface area contributed by atoms with E-state index in [9.17, 15) is 0 Å². The number of hydrogen-bond donors (Lipinski definition) is 2. The van der Waals surface area contributed by atoms with Crippen LogP contribution in [0.15, 0.2) is 41.8 Å². The first-order valence-corrected chi connectivity index (χ1v) is 8.80. The van der Waals surface area contributed by atoms with E-state index in [0.717, 1.165) is 10.8 Å². The SMILES string of the molecule is CC(Sc1nncn1C(C)C)c1nc(N)nc(Nc2ccccc2)n1. The average molecular weight is 356 g/mol. The number of para-hydroxylation sites is 1. The van der Waals surface area contributed by atoms with Gasteiger partial charge in [-0.15, -0.1) is 10.2 Å². The van der Waals surface area contributed by atoms with Crippen LogP contribution in [-0.2, 0) is 0 Å². The molecule has 3 aromatic rings. The molecular formula is C16H20N8S. The molecular weight excluding hydrogens is 336 g/mol. The quantitative estimate of drug-likeness (QED) is 0.648. The number of anilines is 3. The molecule has 25 heavy (non-hydrogen) atoms. The van der Waals surface area contributed by atoms with E-state index < -0.39 is 0 Å². The molecule has 0 saturated heterocycles. The monoisotopic (exact) mass is 356 g/mol. The van der Waals surface area contributed by atoms with Gasteiger partial charge in [-0.3, -0.25) is 0 Å². The zero-order valence-corrected chi connectivity index (χ0v) is 15.1. The minimum atomic E-state index is -0.0525. The largest absolute Gasteiger partial charge is 0.368 e. The summed E-state index contributed by atoms with van der Waals surface area (Å²) in [5, 5.41) is 12.1. The molecule has 1 atom stereocenters. The molecule has 0 fully saturated rings. The van der Waals surface area contributed by atoms with Crippen LogP contribution in [0.25, 0.3) is 0 Å². The highest BCUT2D eigenvalue weighted by Gasteiger charge is 2.18. The van der Waals surface area contributed by atoms with Crippen LogP contribution in [-0.4, -0.2) is 29.7 Å². The van der Waals surface area contributed by atoms with Crippen molar-refractivity contribution in [2.24, 2.45) is 0 Å². The molecule has 0 aliphatic rings. The van der Waals surface area contributed by atoms with Crippen molar-refractivity contribution in [2.45, 2.75) is 37.2 Å². The minimum Gasteiger partial charge on any atom is -0.368 e. The maximum atomic E-state index is 5.86. The van der Waals surface area contributed by atoms with Crippen molar-refractivity contribution in [3.63, 3.8) is 0 Å². The lowest BCUT2D eigenvalue weighted by Gasteiger charge is -2.14. The zero-order valence-electron chi connectivity index (χ0n) is 14.3. The molecule has 130 valence electrons. The molecule has 2 heterocycles. The number of aromatic nitrogens is 6. The summed E-state index contributed by atoms with van der Waals surface area (Å²) in [6.45, 7) is 6.17. The van der Waals surface area contributed by atoms with Crippen molar-refractivity contribution in [3.8, 4) is 0 Å². The molecule has 3 N–H and O–H groups in total. The predicted octanol–water partition coefficient (Wildman–Crippen LogP) is 3.22. The third-order valence-electron chi connectivity index (χ3n) is 3.44. The van der Waals surface area contributed by atoms with Gasteiger partial charge in [-0.1, -0.05) is 30.0 Å². The lowest BCUT2D eigenvalue weighted by molar-refractivity contribution is 0.548. The number of rotatable bonds is 6. The van der Waals surface area contributed by atoms with E-state index in [1.54, 1.807) is 6.33 Å². The van der Waals surface area contributed by atoms with E-state index in [2.05, 4.69) is 44.3 Å². The van der Waals surface area contributed by atoms with E-state index in [0.29, 0.717) is 11.8 Å². The fourth-order valence-corrected chi connectivity index (χ4v) is 3.18. The standard InChI is InChI=1S/C16H20N8S/c1-10(2)24-9-18-23-16(24)25-11(3)13-20-14(17)22-15(21-13)19-12-7-5-4-6-8-12/h4-11H,1-3H3,(H3,17,19,20,21,22). The Morgan fingerprint density at radius 3 is 2.56 bits per heavy atom. The van der Waals surface area contributed by atoms with Crippen LogP contribution in [0.1, 0.15) is 37.9 Å². The molecule has 0 aliphatic heterocycles. The number of nitrogens with two attached hydrogens (primary N) is 1. The van der Waals surface area contributed by atoms with E-state index in [1.165, 1.54) is 11.8 Å². The Morgan fingerprint density at radius 2 is 1.84 bits per heavy atom. The lowest BCUT2D eigenvalue weighted by atomic mass is 10.3. The topological polar surface area (TPSA) is 107 Å². The van der Waals surface area contributed by atoms with Gasteiger partial charge in [-0.05, 0) is 32.9 Å². The maximum absolute atomic E-state index is 5.86. The Kier molecular flexibility index (Phi) is 5.13. The number of hydrogen-bond acceptors (Lipinski definition) is 8. The number of benzene rings is 1. The predicted molar refractivity (Wildman–Crippen MR) is 98.6 cm³/mol. The minimum absolute atomic E-state index is 0.0525. The molecule has 1 aromatic carbocycles. The smallest absolute Gasteiger partial charge is 0.232 e. The number of thioether (sulfide) groups is 1. The summed E-state index contributed by atoms with van der Waals surface area (Å²) in [4.78, 5) is 12.9. The van der Waals surface area contributed by atoms with E-state index in [4.69, 9.17) is 5.73 Å². The molecule has 0 aliphatic carbocycles. The van der Waals surface area contributed by atoms with Gasteiger partial charge in [0.05, 0.1) is 5.25 Å². The summed E-state index contributed by atoms with van der Waals surface area (Å²) in [5.41, 5.74) is 6.75. The highest BCUT2D eigenvalue weighted by atomic mass is 32.2. The Balaban J connectivity index is 1.80. The van der Waals surface area contributed by atoms with Crippen LogP contribution in [0.3, 0.4) is 0 Å². The van der Waals surface area contributed by atoms with E-state index in [1.807, 2.05) is 41.8 Å². The first kappa shape index (κ1) is 17.2. The molecule has 0 bridgehead atoms. The molecule has 9 heteroatoms. The third kappa shape index (κ3) is 4.24. The summed E-state index contributed by atoms with van der Waals surface area (Å²) < 4.78 is 2.01. The van der Waals surface area contributed by atoms with Crippen molar-refractivity contribution in [2.75, 3.05) is 11.1 Å². The summed E-state index contributed by atoms with van der Waals surface area (Å²) >= 11 is 1.54. The van der Waals surface area contributed by atoms with Crippen LogP contribution in [0.5, 0.6) is 0 Å². The summed E-state index contributed by atoms with van der Waals surface area (Å²) in [6, 6.07) is 9.97. The molecule has 0 spiro atoms. The Morgan fingerprint density at radius 1 is 1.08 bits per heavy atom. The van der Waals surface area contributed by atoms with Gasteiger partial charge in [0.25, 0.3) is 0 Å². The Labute approximate surface area is 150 Å². The van der Waals surface area contributed by atoms with E-state index in [-0.39, 0.29) is 17.2 Å². The van der Waals surface area contributed by atoms with Crippen LogP contribution >= 0.6 is 11.8 Å². The van der Waals surface area contributed by atoms with Crippen LogP contribution in [0.4, 0.5) is 17.6 Å². The van der Waals surface area contributed by atoms with Gasteiger partial charge >= 0.3 is 0 Å². The van der Waals surface area contributed by atoms with Crippen molar-refractivity contribution in [3.05, 3.63) is 42.5 Å². The number of nitrogens with one attached hydrogen (secondary N) is 1. The second-order valence-corrected chi connectivity index (χ2v) is 7.05. The lowest BCUT2D eigenvalue weighted by Crippen LogP contribution is -2.09. The summed E-state index contributed by atoms with van der Waals surface area (Å²) in [5.74, 6) is 1.20. The van der Waals surface area contributed by atoms with Crippen molar-refractivity contribution >= 4 is 29.3 Å². The first-order valence-electron chi connectivity index (χ1n) is 7.92. The normalized spacial score (nSPS) is 12.3. The fourth-order valence-electron chi connectivity index (χ4n) is 2.18. The van der Waals surface area contributed by atoms with E-state index >= 15 is 0 Å². The van der Waals surface area contributed by atoms with Crippen molar-refractivity contribution < 1.29 is 0 Å². The third-order valence-corrected chi connectivity index (χ3v) is 4.51. The van der Waals surface area contributed by atoms with Gasteiger partial charge in [0.15, 0.2) is 5.16 Å². The number of nitrogens with zero attached hydrogens (tertiary/aromatic N) is 6. The maximum Gasteiger partial charge on any atom is 0.232 e. The van der Waals surface area contributed by atoms with Gasteiger partial charge in [0, 0.05) is 11.7 Å². The number of nitrogen functional groups attached to an aromatic ring is 1. The Hall–Kier alpha value is -2.68. The Bertz CT molecular complexity index is 833. The van der Waals surface area contributed by atoms with Gasteiger partial charge in [0.1, 0.15) is 12.2 Å². The van der Waals surface area contributed by atoms with Gasteiger partial charge < -0.3 is 15.6 Å². The molecule has 0 radical (unpaired) electrons. The average Bonchev–Trinajstić information content (AvgIpc) is 3.03. The van der Waals surface area contributed by atoms with Crippen LogP contribution in [0, 0.1) is 0 Å². The zero-order chi connectivity index (χ0) is 17.8. The second kappa shape index (κ2) is 7.47. The molecule has 1 unspecified atom stereocenters. The second-order valence-electron chi connectivity index (χ2n) is 5.74. The first-order chi connectivity index (χ1) is 12.0. The molecule has 2 aromatic heterocycles. The molecule has 3 rings (SSSR count). The van der Waals surface area contributed by atoms with Crippen LogP contribution in [0.2, 0.25) is 0 Å².